The molecule has 1 atom stereocenters. The van der Waals surface area contributed by atoms with Crippen LogP contribution in [-0.4, -0.2) is 50.0 Å². The average molecular weight is 520 g/mol. The van der Waals surface area contributed by atoms with Crippen molar-refractivity contribution in [3.63, 3.8) is 0 Å². The molecule has 0 aromatic heterocycles. The molecule has 0 spiro atoms. The zero-order valence-corrected chi connectivity index (χ0v) is 21.9. The average Bonchev–Trinajstić information content (AvgIpc) is 2.84. The number of carbonyl (C=O) groups excluding carboxylic acids is 2. The van der Waals surface area contributed by atoms with Gasteiger partial charge in [-0.05, 0) is 49.1 Å². The summed E-state index contributed by atoms with van der Waals surface area (Å²) < 4.78 is 26.2. The second kappa shape index (κ2) is 12.4. The van der Waals surface area contributed by atoms with Gasteiger partial charge in [0.25, 0.3) is 0 Å². The Morgan fingerprint density at radius 2 is 1.66 bits per heavy atom. The summed E-state index contributed by atoms with van der Waals surface area (Å²) in [7, 11) is -3.73. The number of amides is 2. The summed E-state index contributed by atoms with van der Waals surface area (Å²) >= 11 is 6.03. The van der Waals surface area contributed by atoms with Gasteiger partial charge in [0.1, 0.15) is 12.6 Å². The van der Waals surface area contributed by atoms with Crippen molar-refractivity contribution in [3.8, 4) is 0 Å². The van der Waals surface area contributed by atoms with Gasteiger partial charge in [0, 0.05) is 17.6 Å². The summed E-state index contributed by atoms with van der Waals surface area (Å²) in [5.41, 5.74) is 1.20. The van der Waals surface area contributed by atoms with Crippen LogP contribution in [0.2, 0.25) is 5.02 Å². The van der Waals surface area contributed by atoms with E-state index in [1.165, 1.54) is 11.3 Å². The van der Waals surface area contributed by atoms with E-state index in [0.717, 1.165) is 41.8 Å². The second-order valence-corrected chi connectivity index (χ2v) is 11.4. The highest BCUT2D eigenvalue weighted by molar-refractivity contribution is 7.92. The molecule has 190 valence electrons. The van der Waals surface area contributed by atoms with Gasteiger partial charge in [-0.2, -0.15) is 0 Å². The number of nitrogens with zero attached hydrogens (tertiary/aromatic N) is 2. The Kier molecular flexibility index (Phi) is 9.57. The van der Waals surface area contributed by atoms with Crippen LogP contribution in [-0.2, 0) is 26.2 Å². The van der Waals surface area contributed by atoms with Gasteiger partial charge < -0.3 is 10.2 Å². The number of anilines is 1. The van der Waals surface area contributed by atoms with Crippen LogP contribution >= 0.6 is 11.6 Å². The lowest BCUT2D eigenvalue weighted by Crippen LogP contribution is -2.53. The monoisotopic (exact) mass is 519 g/mol. The van der Waals surface area contributed by atoms with Crippen LogP contribution < -0.4 is 9.62 Å². The van der Waals surface area contributed by atoms with Crippen molar-refractivity contribution in [1.29, 1.82) is 0 Å². The Balaban J connectivity index is 1.88. The molecule has 1 aliphatic rings. The quantitative estimate of drug-likeness (QED) is 0.505. The van der Waals surface area contributed by atoms with E-state index in [9.17, 15) is 18.0 Å². The number of hydrogen-bond acceptors (Lipinski definition) is 4. The van der Waals surface area contributed by atoms with Crippen molar-refractivity contribution in [2.45, 2.75) is 64.1 Å². The van der Waals surface area contributed by atoms with Gasteiger partial charge in [0.05, 0.1) is 11.9 Å². The molecule has 2 aromatic carbocycles. The first-order valence-electron chi connectivity index (χ1n) is 12.1. The van der Waals surface area contributed by atoms with Crippen molar-refractivity contribution < 1.29 is 18.0 Å². The maximum absolute atomic E-state index is 13.7. The molecule has 1 fully saturated rings. The number of sulfonamides is 1. The largest absolute Gasteiger partial charge is 0.352 e. The second-order valence-electron chi connectivity index (χ2n) is 9.02. The molecule has 0 bridgehead atoms. The minimum atomic E-state index is -3.73. The van der Waals surface area contributed by atoms with Crippen molar-refractivity contribution >= 4 is 39.1 Å². The predicted octanol–water partition coefficient (Wildman–Crippen LogP) is 4.36. The van der Waals surface area contributed by atoms with E-state index < -0.39 is 28.5 Å². The van der Waals surface area contributed by atoms with E-state index >= 15 is 0 Å². The zero-order chi connectivity index (χ0) is 25.4. The zero-order valence-electron chi connectivity index (χ0n) is 20.3. The maximum atomic E-state index is 13.7. The van der Waals surface area contributed by atoms with Gasteiger partial charge in [-0.25, -0.2) is 8.42 Å². The van der Waals surface area contributed by atoms with Crippen molar-refractivity contribution in [1.82, 2.24) is 10.2 Å². The minimum Gasteiger partial charge on any atom is -0.352 e. The Morgan fingerprint density at radius 3 is 2.23 bits per heavy atom. The molecule has 0 saturated heterocycles. The van der Waals surface area contributed by atoms with Crippen LogP contribution in [0.1, 0.15) is 51.0 Å². The standard InChI is InChI=1S/C26H34ClN3O4S/c1-3-24(26(32)28-22-10-6-4-7-11-22)29(18-20-14-16-21(27)17-15-20)25(31)19-30(35(2,33)34)23-12-8-5-9-13-23/h5,8-9,12-17,22,24H,3-4,6-7,10-11,18-19H2,1-2H3,(H,28,32)/t24-/m0/s1. The fourth-order valence-corrected chi connectivity index (χ4v) is 5.43. The van der Waals surface area contributed by atoms with Gasteiger partial charge >= 0.3 is 0 Å². The van der Waals surface area contributed by atoms with Gasteiger partial charge in [-0.3, -0.25) is 13.9 Å². The molecule has 1 saturated carbocycles. The fourth-order valence-electron chi connectivity index (χ4n) is 4.46. The summed E-state index contributed by atoms with van der Waals surface area (Å²) in [5.74, 6) is -0.646. The van der Waals surface area contributed by atoms with Crippen LogP contribution in [0.25, 0.3) is 0 Å². The van der Waals surface area contributed by atoms with Crippen LogP contribution in [0.5, 0.6) is 0 Å². The smallest absolute Gasteiger partial charge is 0.244 e. The number of carbonyl (C=O) groups is 2. The van der Waals surface area contributed by atoms with Crippen LogP contribution in [0.15, 0.2) is 54.6 Å². The number of rotatable bonds is 10. The molecular formula is C26H34ClN3O4S. The molecule has 0 heterocycles. The van der Waals surface area contributed by atoms with E-state index in [-0.39, 0.29) is 18.5 Å². The van der Waals surface area contributed by atoms with E-state index in [0.29, 0.717) is 17.1 Å². The minimum absolute atomic E-state index is 0.106. The predicted molar refractivity (Wildman–Crippen MR) is 140 cm³/mol. The van der Waals surface area contributed by atoms with Gasteiger partial charge in [-0.15, -0.1) is 0 Å². The van der Waals surface area contributed by atoms with Gasteiger partial charge in [0.15, 0.2) is 0 Å². The Morgan fingerprint density at radius 1 is 1.03 bits per heavy atom. The summed E-state index contributed by atoms with van der Waals surface area (Å²) in [4.78, 5) is 28.5. The van der Waals surface area contributed by atoms with E-state index in [2.05, 4.69) is 5.32 Å². The van der Waals surface area contributed by atoms with Gasteiger partial charge in [0.2, 0.25) is 21.8 Å². The highest BCUT2D eigenvalue weighted by Crippen LogP contribution is 2.21. The van der Waals surface area contributed by atoms with Crippen LogP contribution in [0.3, 0.4) is 0 Å². The third-order valence-electron chi connectivity index (χ3n) is 6.33. The Hall–Kier alpha value is -2.58. The first kappa shape index (κ1) is 27.0. The summed E-state index contributed by atoms with van der Waals surface area (Å²) in [6.45, 7) is 1.63. The van der Waals surface area contributed by atoms with E-state index in [1.54, 1.807) is 54.6 Å². The highest BCUT2D eigenvalue weighted by Gasteiger charge is 2.32. The SMILES string of the molecule is CC[C@@H](C(=O)NC1CCCCC1)N(Cc1ccc(Cl)cc1)C(=O)CN(c1ccccc1)S(C)(=O)=O. The molecule has 1 aliphatic carbocycles. The molecule has 1 N–H and O–H groups in total. The van der Waals surface area contributed by atoms with Crippen LogP contribution in [0, 0.1) is 0 Å². The van der Waals surface area contributed by atoms with E-state index in [1.807, 2.05) is 6.92 Å². The topological polar surface area (TPSA) is 86.8 Å². The number of benzene rings is 2. The van der Waals surface area contributed by atoms with Crippen molar-refractivity contribution in [2.75, 3.05) is 17.1 Å². The molecular weight excluding hydrogens is 486 g/mol. The molecule has 35 heavy (non-hydrogen) atoms. The summed E-state index contributed by atoms with van der Waals surface area (Å²) in [5, 5.41) is 3.70. The number of para-hydroxylation sites is 1. The first-order valence-corrected chi connectivity index (χ1v) is 14.3. The molecule has 0 radical (unpaired) electrons. The normalized spacial score (nSPS) is 15.3. The molecule has 7 nitrogen and oxygen atoms in total. The van der Waals surface area contributed by atoms with Crippen molar-refractivity contribution in [2.24, 2.45) is 0 Å². The number of halogens is 1. The number of nitrogens with one attached hydrogen (secondary N) is 1. The Bertz CT molecular complexity index is 1090. The van der Waals surface area contributed by atoms with Crippen molar-refractivity contribution in [3.05, 3.63) is 65.2 Å². The molecule has 2 amide bonds. The highest BCUT2D eigenvalue weighted by atomic mass is 35.5. The lowest BCUT2D eigenvalue weighted by molar-refractivity contribution is -0.140. The molecule has 0 aliphatic heterocycles. The number of hydrogen-bond donors (Lipinski definition) is 1. The van der Waals surface area contributed by atoms with Gasteiger partial charge in [-0.1, -0.05) is 68.1 Å². The third kappa shape index (κ3) is 7.70. The lowest BCUT2D eigenvalue weighted by atomic mass is 9.95. The molecule has 2 aromatic rings. The molecule has 0 unspecified atom stereocenters. The van der Waals surface area contributed by atoms with E-state index in [4.69, 9.17) is 11.6 Å². The lowest BCUT2D eigenvalue weighted by Gasteiger charge is -2.34. The Labute approximate surface area is 213 Å². The van der Waals surface area contributed by atoms with Crippen LogP contribution in [0.4, 0.5) is 5.69 Å². The summed E-state index contributed by atoms with van der Waals surface area (Å²) in [6, 6.07) is 15.0. The fraction of sp³-hybridized carbons (Fsp3) is 0.462. The maximum Gasteiger partial charge on any atom is 0.244 e. The third-order valence-corrected chi connectivity index (χ3v) is 7.72. The summed E-state index contributed by atoms with van der Waals surface area (Å²) in [6.07, 6.45) is 6.68. The molecule has 3 rings (SSSR count). The molecule has 9 heteroatoms. The first-order chi connectivity index (χ1) is 16.7.